The van der Waals surface area contributed by atoms with Crippen LogP contribution >= 0.6 is 15.9 Å². The van der Waals surface area contributed by atoms with Crippen molar-refractivity contribution in [3.05, 3.63) is 58.6 Å². The third-order valence-corrected chi connectivity index (χ3v) is 3.28. The number of hydrogen-bond acceptors (Lipinski definition) is 2. The molecule has 0 saturated carbocycles. The second kappa shape index (κ2) is 5.89. The average Bonchev–Trinajstić information content (AvgIpc) is 2.40. The van der Waals surface area contributed by atoms with Crippen LogP contribution in [0.25, 0.3) is 0 Å². The average molecular weight is 319 g/mol. The van der Waals surface area contributed by atoms with E-state index in [1.54, 1.807) is 12.1 Å². The Morgan fingerprint density at radius 1 is 1.00 bits per heavy atom. The number of hydrogen-bond donors (Lipinski definition) is 1. The molecule has 0 heterocycles. The highest BCUT2D eigenvalue weighted by Gasteiger charge is 2.05. The van der Waals surface area contributed by atoms with Gasteiger partial charge in [0.25, 0.3) is 5.91 Å². The van der Waals surface area contributed by atoms with Crippen molar-refractivity contribution in [1.82, 2.24) is 0 Å². The lowest BCUT2D eigenvalue weighted by Gasteiger charge is -2.13. The molecule has 4 heteroatoms. The molecule has 0 radical (unpaired) electrons. The van der Waals surface area contributed by atoms with Gasteiger partial charge in [0.05, 0.1) is 0 Å². The molecular formula is C15H15BrN2O. The van der Waals surface area contributed by atoms with E-state index in [4.69, 9.17) is 0 Å². The quantitative estimate of drug-likeness (QED) is 0.934. The fraction of sp³-hybridized carbons (Fsp3) is 0.133. The van der Waals surface area contributed by atoms with Gasteiger partial charge in [-0.15, -0.1) is 0 Å². The van der Waals surface area contributed by atoms with Crippen LogP contribution in [0.15, 0.2) is 53.0 Å². The summed E-state index contributed by atoms with van der Waals surface area (Å²) in [6.07, 6.45) is 0. The van der Waals surface area contributed by atoms with Crippen LogP contribution in [0.2, 0.25) is 0 Å². The number of nitrogens with one attached hydrogen (secondary N) is 1. The van der Waals surface area contributed by atoms with E-state index in [9.17, 15) is 4.79 Å². The van der Waals surface area contributed by atoms with Crippen LogP contribution in [-0.2, 0) is 0 Å². The molecule has 2 aromatic rings. The van der Waals surface area contributed by atoms with Gasteiger partial charge in [0.15, 0.2) is 0 Å². The zero-order chi connectivity index (χ0) is 13.8. The lowest BCUT2D eigenvalue weighted by Crippen LogP contribution is -2.12. The van der Waals surface area contributed by atoms with Crippen LogP contribution in [-0.4, -0.2) is 20.0 Å². The summed E-state index contributed by atoms with van der Waals surface area (Å²) < 4.78 is 0.958. The number of carbonyl (C=O) groups is 1. The monoisotopic (exact) mass is 318 g/mol. The van der Waals surface area contributed by atoms with Gasteiger partial charge >= 0.3 is 0 Å². The van der Waals surface area contributed by atoms with Crippen molar-refractivity contribution in [3.63, 3.8) is 0 Å². The second-order valence-corrected chi connectivity index (χ2v) is 5.32. The van der Waals surface area contributed by atoms with Crippen LogP contribution in [0.1, 0.15) is 10.4 Å². The number of benzene rings is 2. The number of carbonyl (C=O) groups excluding carboxylic acids is 1. The minimum absolute atomic E-state index is 0.106. The van der Waals surface area contributed by atoms with Gasteiger partial charge in [0.2, 0.25) is 0 Å². The molecule has 19 heavy (non-hydrogen) atoms. The van der Waals surface area contributed by atoms with Crippen molar-refractivity contribution in [3.8, 4) is 0 Å². The van der Waals surface area contributed by atoms with Crippen molar-refractivity contribution in [1.29, 1.82) is 0 Å². The van der Waals surface area contributed by atoms with E-state index in [0.717, 1.165) is 15.8 Å². The van der Waals surface area contributed by atoms with Crippen molar-refractivity contribution in [2.75, 3.05) is 24.3 Å². The zero-order valence-corrected chi connectivity index (χ0v) is 12.4. The molecule has 0 aliphatic rings. The summed E-state index contributed by atoms with van der Waals surface area (Å²) in [6.45, 7) is 0. The molecule has 2 aromatic carbocycles. The maximum atomic E-state index is 12.0. The Morgan fingerprint density at radius 2 is 1.58 bits per heavy atom. The van der Waals surface area contributed by atoms with Gasteiger partial charge in [-0.3, -0.25) is 4.79 Å². The van der Waals surface area contributed by atoms with Gasteiger partial charge < -0.3 is 10.2 Å². The standard InChI is InChI=1S/C15H15BrN2O/c1-18(2)14-9-7-13(8-10-14)17-15(19)11-3-5-12(16)6-4-11/h3-10H,1-2H3,(H,17,19). The van der Waals surface area contributed by atoms with Gasteiger partial charge in [-0.2, -0.15) is 0 Å². The Bertz CT molecular complexity index is 562. The maximum Gasteiger partial charge on any atom is 0.255 e. The summed E-state index contributed by atoms with van der Waals surface area (Å²) in [5.41, 5.74) is 2.53. The summed E-state index contributed by atoms with van der Waals surface area (Å²) in [5, 5.41) is 2.87. The normalized spacial score (nSPS) is 10.1. The van der Waals surface area contributed by atoms with Crippen LogP contribution in [0, 0.1) is 0 Å². The fourth-order valence-corrected chi connectivity index (χ4v) is 1.91. The molecule has 0 unspecified atom stereocenters. The van der Waals surface area contributed by atoms with Gasteiger partial charge in [0.1, 0.15) is 0 Å². The molecule has 0 fully saturated rings. The minimum atomic E-state index is -0.106. The number of amides is 1. The van der Waals surface area contributed by atoms with E-state index < -0.39 is 0 Å². The Hall–Kier alpha value is -1.81. The SMILES string of the molecule is CN(C)c1ccc(NC(=O)c2ccc(Br)cc2)cc1. The largest absolute Gasteiger partial charge is 0.378 e. The van der Waals surface area contributed by atoms with E-state index in [2.05, 4.69) is 21.2 Å². The Labute approximate surface area is 121 Å². The van der Waals surface area contributed by atoms with Crippen molar-refractivity contribution >= 4 is 33.2 Å². The van der Waals surface area contributed by atoms with Crippen LogP contribution in [0.4, 0.5) is 11.4 Å². The third kappa shape index (κ3) is 3.58. The summed E-state index contributed by atoms with van der Waals surface area (Å²) in [7, 11) is 3.96. The molecular weight excluding hydrogens is 304 g/mol. The highest BCUT2D eigenvalue weighted by Crippen LogP contribution is 2.17. The molecule has 0 saturated heterocycles. The first-order valence-electron chi connectivity index (χ1n) is 5.90. The van der Waals surface area contributed by atoms with Gasteiger partial charge in [-0.25, -0.2) is 0 Å². The molecule has 0 atom stereocenters. The summed E-state index contributed by atoms with van der Waals surface area (Å²) in [4.78, 5) is 14.0. The number of anilines is 2. The molecule has 2 rings (SSSR count). The molecule has 0 bridgehead atoms. The van der Waals surface area contributed by atoms with Crippen molar-refractivity contribution in [2.24, 2.45) is 0 Å². The van der Waals surface area contributed by atoms with Crippen LogP contribution in [0.5, 0.6) is 0 Å². The first kappa shape index (κ1) is 13.6. The van der Waals surface area contributed by atoms with E-state index in [0.29, 0.717) is 5.56 Å². The van der Waals surface area contributed by atoms with E-state index in [1.165, 1.54) is 0 Å². The molecule has 1 amide bonds. The summed E-state index contributed by atoms with van der Waals surface area (Å²) in [5.74, 6) is -0.106. The Morgan fingerprint density at radius 3 is 2.11 bits per heavy atom. The first-order chi connectivity index (χ1) is 9.06. The van der Waals surface area contributed by atoms with Crippen LogP contribution < -0.4 is 10.2 Å². The van der Waals surface area contributed by atoms with E-state index in [1.807, 2.05) is 55.4 Å². The number of rotatable bonds is 3. The molecule has 0 spiro atoms. The summed E-state index contributed by atoms with van der Waals surface area (Å²) >= 11 is 3.35. The Kier molecular flexibility index (Phi) is 4.22. The zero-order valence-electron chi connectivity index (χ0n) is 10.9. The molecule has 98 valence electrons. The van der Waals surface area contributed by atoms with Gasteiger partial charge in [-0.1, -0.05) is 15.9 Å². The predicted octanol–water partition coefficient (Wildman–Crippen LogP) is 3.77. The first-order valence-corrected chi connectivity index (χ1v) is 6.70. The van der Waals surface area contributed by atoms with E-state index in [-0.39, 0.29) is 5.91 Å². The fourth-order valence-electron chi connectivity index (χ4n) is 1.65. The molecule has 0 aromatic heterocycles. The van der Waals surface area contributed by atoms with Gasteiger partial charge in [0, 0.05) is 35.5 Å². The van der Waals surface area contributed by atoms with Crippen LogP contribution in [0.3, 0.4) is 0 Å². The Balaban J connectivity index is 2.08. The predicted molar refractivity (Wildman–Crippen MR) is 82.9 cm³/mol. The number of halogens is 1. The summed E-state index contributed by atoms with van der Waals surface area (Å²) in [6, 6.07) is 15.0. The third-order valence-electron chi connectivity index (χ3n) is 2.75. The maximum absolute atomic E-state index is 12.0. The molecule has 1 N–H and O–H groups in total. The smallest absolute Gasteiger partial charge is 0.255 e. The topological polar surface area (TPSA) is 32.3 Å². The van der Waals surface area contributed by atoms with Gasteiger partial charge in [-0.05, 0) is 48.5 Å². The highest BCUT2D eigenvalue weighted by atomic mass is 79.9. The highest BCUT2D eigenvalue weighted by molar-refractivity contribution is 9.10. The van der Waals surface area contributed by atoms with E-state index >= 15 is 0 Å². The molecule has 3 nitrogen and oxygen atoms in total. The lowest BCUT2D eigenvalue weighted by molar-refractivity contribution is 0.102. The number of nitrogens with zero attached hydrogens (tertiary/aromatic N) is 1. The van der Waals surface area contributed by atoms with Crippen molar-refractivity contribution < 1.29 is 4.79 Å². The second-order valence-electron chi connectivity index (χ2n) is 4.40. The molecule has 0 aliphatic heterocycles. The van der Waals surface area contributed by atoms with Crippen molar-refractivity contribution in [2.45, 2.75) is 0 Å². The minimum Gasteiger partial charge on any atom is -0.378 e. The molecule has 0 aliphatic carbocycles. The lowest BCUT2D eigenvalue weighted by atomic mass is 10.2.